The molecule has 2 N–H and O–H groups in total. The molecule has 0 radical (unpaired) electrons. The van der Waals surface area contributed by atoms with Crippen LogP contribution in [0.15, 0.2) is 29.4 Å². The Bertz CT molecular complexity index is 884. The second-order valence-electron chi connectivity index (χ2n) is 7.72. The third kappa shape index (κ3) is 6.34. The minimum Gasteiger partial charge on any atom is -0.382 e. The first-order chi connectivity index (χ1) is 14.2. The quantitative estimate of drug-likeness (QED) is 0.324. The molecule has 7 nitrogen and oxygen atoms in total. The standard InChI is InChI=1S/C21H28ClN5O2S/c1-6-11-30-20-25-17(24-19(29)21(2,3)4)16(23-5)18(26-20)27(13-28)12-14-7-9-15(22)10-8-14/h7-10,13,23H,6,11-12H2,1-5H3,(H,24,25,26,29). The summed E-state index contributed by atoms with van der Waals surface area (Å²) in [6.07, 6.45) is 1.67. The molecule has 1 aromatic heterocycles. The first kappa shape index (κ1) is 24.0. The number of nitrogens with one attached hydrogen (secondary N) is 2. The molecule has 2 rings (SSSR count). The molecule has 0 aliphatic rings. The smallest absolute Gasteiger partial charge is 0.230 e. The molecule has 1 heterocycles. The number of amides is 2. The van der Waals surface area contributed by atoms with Crippen molar-refractivity contribution in [3.63, 3.8) is 0 Å². The van der Waals surface area contributed by atoms with E-state index in [9.17, 15) is 9.59 Å². The maximum absolute atomic E-state index is 12.6. The van der Waals surface area contributed by atoms with Crippen molar-refractivity contribution in [1.82, 2.24) is 9.97 Å². The van der Waals surface area contributed by atoms with E-state index < -0.39 is 5.41 Å². The van der Waals surface area contributed by atoms with Crippen molar-refractivity contribution in [2.75, 3.05) is 28.3 Å². The predicted molar refractivity (Wildman–Crippen MR) is 124 cm³/mol. The molecule has 0 saturated heterocycles. The molecule has 0 fully saturated rings. The van der Waals surface area contributed by atoms with Crippen LogP contribution in [0.4, 0.5) is 17.3 Å². The largest absolute Gasteiger partial charge is 0.382 e. The fourth-order valence-corrected chi connectivity index (χ4v) is 3.28. The Balaban J connectivity index is 2.50. The summed E-state index contributed by atoms with van der Waals surface area (Å²) in [5.74, 6) is 1.40. The van der Waals surface area contributed by atoms with Crippen molar-refractivity contribution in [3.05, 3.63) is 34.9 Å². The van der Waals surface area contributed by atoms with Gasteiger partial charge in [0.15, 0.2) is 16.8 Å². The van der Waals surface area contributed by atoms with E-state index in [-0.39, 0.29) is 5.91 Å². The summed E-state index contributed by atoms with van der Waals surface area (Å²) in [5.41, 5.74) is 0.783. The number of thioether (sulfide) groups is 1. The van der Waals surface area contributed by atoms with E-state index in [1.165, 1.54) is 16.7 Å². The summed E-state index contributed by atoms with van der Waals surface area (Å²) in [6, 6.07) is 7.26. The Morgan fingerprint density at radius 1 is 1.23 bits per heavy atom. The molecule has 0 bridgehead atoms. The molecular weight excluding hydrogens is 422 g/mol. The van der Waals surface area contributed by atoms with Crippen LogP contribution in [0.2, 0.25) is 5.02 Å². The number of carbonyl (C=O) groups excluding carboxylic acids is 2. The van der Waals surface area contributed by atoms with Crippen LogP contribution >= 0.6 is 23.4 Å². The summed E-state index contributed by atoms with van der Waals surface area (Å²) in [4.78, 5) is 35.2. The fraction of sp³-hybridized carbons (Fsp3) is 0.429. The lowest BCUT2D eigenvalue weighted by Gasteiger charge is -2.24. The zero-order valence-electron chi connectivity index (χ0n) is 18.0. The van der Waals surface area contributed by atoms with E-state index in [2.05, 4.69) is 27.5 Å². The number of nitrogens with zero attached hydrogens (tertiary/aromatic N) is 3. The lowest BCUT2D eigenvalue weighted by molar-refractivity contribution is -0.123. The van der Waals surface area contributed by atoms with Crippen molar-refractivity contribution < 1.29 is 9.59 Å². The molecule has 0 aliphatic heterocycles. The van der Waals surface area contributed by atoms with Crippen LogP contribution in [0.5, 0.6) is 0 Å². The van der Waals surface area contributed by atoms with Crippen molar-refractivity contribution in [2.45, 2.75) is 45.8 Å². The van der Waals surface area contributed by atoms with E-state index in [1.54, 1.807) is 19.2 Å². The minimum atomic E-state index is -0.597. The van der Waals surface area contributed by atoms with Gasteiger partial charge >= 0.3 is 0 Å². The van der Waals surface area contributed by atoms with Gasteiger partial charge in [-0.2, -0.15) is 0 Å². The number of hydrogen-bond donors (Lipinski definition) is 2. The Hall–Kier alpha value is -2.32. The Morgan fingerprint density at radius 2 is 1.90 bits per heavy atom. The monoisotopic (exact) mass is 449 g/mol. The highest BCUT2D eigenvalue weighted by atomic mass is 35.5. The van der Waals surface area contributed by atoms with Crippen LogP contribution < -0.4 is 15.5 Å². The molecule has 2 amide bonds. The highest BCUT2D eigenvalue weighted by Gasteiger charge is 2.25. The molecule has 162 valence electrons. The van der Waals surface area contributed by atoms with Gasteiger partial charge in [0.05, 0.1) is 6.54 Å². The molecule has 0 unspecified atom stereocenters. The summed E-state index contributed by atoms with van der Waals surface area (Å²) in [7, 11) is 1.71. The van der Waals surface area contributed by atoms with Crippen LogP contribution in [0.3, 0.4) is 0 Å². The number of carbonyl (C=O) groups is 2. The maximum atomic E-state index is 12.6. The normalized spacial score (nSPS) is 11.1. The van der Waals surface area contributed by atoms with E-state index in [0.717, 1.165) is 24.1 Å². The van der Waals surface area contributed by atoms with Gasteiger partial charge in [-0.15, -0.1) is 0 Å². The van der Waals surface area contributed by atoms with Gasteiger partial charge in [-0.25, -0.2) is 9.97 Å². The highest BCUT2D eigenvalue weighted by molar-refractivity contribution is 7.99. The van der Waals surface area contributed by atoms with Gasteiger partial charge in [-0.3, -0.25) is 14.5 Å². The average molecular weight is 450 g/mol. The van der Waals surface area contributed by atoms with Gasteiger partial charge in [0, 0.05) is 23.2 Å². The molecule has 30 heavy (non-hydrogen) atoms. The molecule has 0 aliphatic carbocycles. The molecule has 2 aromatic rings. The molecule has 1 aromatic carbocycles. The zero-order chi connectivity index (χ0) is 22.3. The topological polar surface area (TPSA) is 87.2 Å². The number of hydrogen-bond acceptors (Lipinski definition) is 6. The van der Waals surface area contributed by atoms with Crippen molar-refractivity contribution in [1.29, 1.82) is 0 Å². The second-order valence-corrected chi connectivity index (χ2v) is 9.21. The summed E-state index contributed by atoms with van der Waals surface area (Å²) in [6.45, 7) is 7.85. The van der Waals surface area contributed by atoms with Gasteiger partial charge < -0.3 is 10.6 Å². The first-order valence-corrected chi connectivity index (χ1v) is 11.1. The fourth-order valence-electron chi connectivity index (χ4n) is 2.46. The Morgan fingerprint density at radius 3 is 2.43 bits per heavy atom. The van der Waals surface area contributed by atoms with Crippen molar-refractivity contribution in [3.8, 4) is 0 Å². The van der Waals surface area contributed by atoms with Crippen LogP contribution in [0, 0.1) is 5.41 Å². The molecule has 0 saturated carbocycles. The number of benzene rings is 1. The maximum Gasteiger partial charge on any atom is 0.230 e. The predicted octanol–water partition coefficient (Wildman–Crippen LogP) is 4.82. The van der Waals surface area contributed by atoms with Crippen molar-refractivity contribution >= 4 is 53.0 Å². The third-order valence-electron chi connectivity index (χ3n) is 4.13. The van der Waals surface area contributed by atoms with Crippen molar-refractivity contribution in [2.24, 2.45) is 5.41 Å². The lowest BCUT2D eigenvalue weighted by atomic mass is 9.96. The first-order valence-electron chi connectivity index (χ1n) is 9.70. The Kier molecular flexibility index (Phi) is 8.49. The van der Waals surface area contributed by atoms with E-state index in [0.29, 0.717) is 34.0 Å². The number of anilines is 3. The van der Waals surface area contributed by atoms with E-state index in [1.807, 2.05) is 32.9 Å². The highest BCUT2D eigenvalue weighted by Crippen LogP contribution is 2.34. The van der Waals surface area contributed by atoms with Gasteiger partial charge in [0.25, 0.3) is 0 Å². The molecule has 9 heteroatoms. The lowest BCUT2D eigenvalue weighted by Crippen LogP contribution is -2.29. The van der Waals surface area contributed by atoms with E-state index >= 15 is 0 Å². The molecule has 0 atom stereocenters. The molecular formula is C21H28ClN5O2S. The van der Waals surface area contributed by atoms with Crippen LogP contribution in [-0.2, 0) is 16.1 Å². The summed E-state index contributed by atoms with van der Waals surface area (Å²) >= 11 is 7.44. The van der Waals surface area contributed by atoms with Gasteiger partial charge in [-0.1, -0.05) is 63.2 Å². The van der Waals surface area contributed by atoms with E-state index in [4.69, 9.17) is 11.6 Å². The summed E-state index contributed by atoms with van der Waals surface area (Å²) in [5, 5.41) is 7.05. The van der Waals surface area contributed by atoms with Crippen LogP contribution in [-0.4, -0.2) is 35.1 Å². The summed E-state index contributed by atoms with van der Waals surface area (Å²) < 4.78 is 0. The van der Waals surface area contributed by atoms with Gasteiger partial charge in [-0.05, 0) is 24.1 Å². The second kappa shape index (κ2) is 10.6. The zero-order valence-corrected chi connectivity index (χ0v) is 19.5. The van der Waals surface area contributed by atoms with Crippen LogP contribution in [0.25, 0.3) is 0 Å². The van der Waals surface area contributed by atoms with Gasteiger partial charge in [0.2, 0.25) is 12.3 Å². The third-order valence-corrected chi connectivity index (χ3v) is 5.44. The minimum absolute atomic E-state index is 0.176. The Labute approximate surface area is 187 Å². The number of aromatic nitrogens is 2. The number of halogens is 1. The number of rotatable bonds is 9. The van der Waals surface area contributed by atoms with Crippen LogP contribution in [0.1, 0.15) is 39.7 Å². The molecule has 0 spiro atoms. The average Bonchev–Trinajstić information content (AvgIpc) is 2.70. The SMILES string of the molecule is CCCSc1nc(NC(=O)C(C)(C)C)c(NC)c(N(C=O)Cc2ccc(Cl)cc2)n1. The van der Waals surface area contributed by atoms with Gasteiger partial charge in [0.1, 0.15) is 5.69 Å².